The number of hydrogen-bond donors (Lipinski definition) is 0. The second-order valence-corrected chi connectivity index (χ2v) is 9.02. The standard InChI is InChI=1S/C23H18N4O2S2/c1-14-6-5-9-19(15(14)2)27-21(29)17-7-3-4-8-18(17)25-23(27)31-13-16-12-20(28)26-10-11-30-22(26)24-16/h3-12H,13H2,1-2H3. The summed E-state index contributed by atoms with van der Waals surface area (Å²) in [5, 5.41) is 2.98. The zero-order valence-electron chi connectivity index (χ0n) is 16.9. The number of thioether (sulfide) groups is 1. The van der Waals surface area contributed by atoms with Crippen LogP contribution in [-0.4, -0.2) is 18.9 Å². The lowest BCUT2D eigenvalue weighted by molar-refractivity contribution is 0.812. The van der Waals surface area contributed by atoms with Crippen molar-refractivity contribution in [1.29, 1.82) is 0 Å². The third-order valence-electron chi connectivity index (χ3n) is 5.27. The summed E-state index contributed by atoms with van der Waals surface area (Å²) < 4.78 is 3.20. The summed E-state index contributed by atoms with van der Waals surface area (Å²) in [6.07, 6.45) is 1.72. The second-order valence-electron chi connectivity index (χ2n) is 7.20. The number of aryl methyl sites for hydroxylation is 1. The molecule has 0 saturated carbocycles. The molecule has 5 aromatic rings. The molecule has 3 heterocycles. The van der Waals surface area contributed by atoms with Crippen LogP contribution in [0, 0.1) is 13.8 Å². The van der Waals surface area contributed by atoms with Crippen LogP contribution in [0.15, 0.2) is 74.9 Å². The number of nitrogens with zero attached hydrogens (tertiary/aromatic N) is 4. The largest absolute Gasteiger partial charge is 0.269 e. The molecule has 0 N–H and O–H groups in total. The summed E-state index contributed by atoms with van der Waals surface area (Å²) in [4.78, 5) is 35.8. The van der Waals surface area contributed by atoms with E-state index in [1.54, 1.807) is 16.8 Å². The molecular formula is C23H18N4O2S2. The van der Waals surface area contributed by atoms with E-state index >= 15 is 0 Å². The summed E-state index contributed by atoms with van der Waals surface area (Å²) in [5.41, 5.74) is 4.04. The van der Waals surface area contributed by atoms with E-state index < -0.39 is 0 Å². The highest BCUT2D eigenvalue weighted by Crippen LogP contribution is 2.26. The van der Waals surface area contributed by atoms with Gasteiger partial charge < -0.3 is 0 Å². The fourth-order valence-corrected chi connectivity index (χ4v) is 5.14. The fraction of sp³-hybridized carbons (Fsp3) is 0.130. The van der Waals surface area contributed by atoms with Crippen LogP contribution in [0.5, 0.6) is 0 Å². The molecule has 31 heavy (non-hydrogen) atoms. The molecule has 0 fully saturated rings. The van der Waals surface area contributed by atoms with Gasteiger partial charge in [-0.3, -0.25) is 18.6 Å². The Kier molecular flexibility index (Phi) is 4.95. The maximum absolute atomic E-state index is 13.5. The van der Waals surface area contributed by atoms with E-state index in [0.29, 0.717) is 32.5 Å². The van der Waals surface area contributed by atoms with Gasteiger partial charge in [-0.1, -0.05) is 36.0 Å². The van der Waals surface area contributed by atoms with Gasteiger partial charge in [-0.25, -0.2) is 9.97 Å². The van der Waals surface area contributed by atoms with E-state index in [9.17, 15) is 9.59 Å². The van der Waals surface area contributed by atoms with Gasteiger partial charge >= 0.3 is 0 Å². The zero-order chi connectivity index (χ0) is 21.5. The second kappa shape index (κ2) is 7.79. The Labute approximate surface area is 185 Å². The van der Waals surface area contributed by atoms with Crippen molar-refractivity contribution in [3.05, 3.63) is 97.6 Å². The van der Waals surface area contributed by atoms with E-state index in [4.69, 9.17) is 4.98 Å². The molecule has 0 aliphatic rings. The molecule has 0 unspecified atom stereocenters. The lowest BCUT2D eigenvalue weighted by atomic mass is 10.1. The first-order valence-corrected chi connectivity index (χ1v) is 11.6. The Morgan fingerprint density at radius 3 is 2.74 bits per heavy atom. The summed E-state index contributed by atoms with van der Waals surface area (Å²) in [6, 6.07) is 14.8. The van der Waals surface area contributed by atoms with E-state index in [1.807, 2.05) is 55.6 Å². The highest BCUT2D eigenvalue weighted by atomic mass is 32.2. The molecule has 0 aliphatic heterocycles. The van der Waals surface area contributed by atoms with Crippen LogP contribution in [-0.2, 0) is 5.75 Å². The van der Waals surface area contributed by atoms with Crippen molar-refractivity contribution < 1.29 is 0 Å². The minimum atomic E-state index is -0.111. The SMILES string of the molecule is Cc1cccc(-n2c(SCc3cc(=O)n4ccsc4n3)nc3ccccc3c2=O)c1C. The van der Waals surface area contributed by atoms with E-state index in [1.165, 1.54) is 33.6 Å². The average Bonchev–Trinajstić information content (AvgIpc) is 3.24. The number of fused-ring (bicyclic) bond motifs is 2. The van der Waals surface area contributed by atoms with Crippen LogP contribution >= 0.6 is 23.1 Å². The number of aromatic nitrogens is 4. The van der Waals surface area contributed by atoms with Crippen LogP contribution in [0.1, 0.15) is 16.8 Å². The molecule has 8 heteroatoms. The van der Waals surface area contributed by atoms with Gasteiger partial charge in [0.25, 0.3) is 11.1 Å². The van der Waals surface area contributed by atoms with Gasteiger partial charge in [-0.15, -0.1) is 11.3 Å². The van der Waals surface area contributed by atoms with Crippen LogP contribution in [0.2, 0.25) is 0 Å². The number of rotatable bonds is 4. The first kappa shape index (κ1) is 19.7. The lowest BCUT2D eigenvalue weighted by Gasteiger charge is -2.16. The van der Waals surface area contributed by atoms with Crippen molar-refractivity contribution in [3.63, 3.8) is 0 Å². The molecule has 0 bridgehead atoms. The van der Waals surface area contributed by atoms with Crippen molar-refractivity contribution in [2.24, 2.45) is 0 Å². The lowest BCUT2D eigenvalue weighted by Crippen LogP contribution is -2.22. The van der Waals surface area contributed by atoms with Gasteiger partial charge in [0.15, 0.2) is 10.1 Å². The Morgan fingerprint density at radius 2 is 1.87 bits per heavy atom. The molecule has 0 saturated heterocycles. The summed E-state index contributed by atoms with van der Waals surface area (Å²) in [7, 11) is 0. The van der Waals surface area contributed by atoms with E-state index in [-0.39, 0.29) is 11.1 Å². The molecule has 0 aliphatic carbocycles. The smallest absolute Gasteiger partial charge is 0.266 e. The van der Waals surface area contributed by atoms with Crippen LogP contribution in [0.25, 0.3) is 21.6 Å². The third kappa shape index (κ3) is 3.47. The normalized spacial score (nSPS) is 11.4. The first-order chi connectivity index (χ1) is 15.0. The topological polar surface area (TPSA) is 69.3 Å². The van der Waals surface area contributed by atoms with Gasteiger partial charge in [-0.2, -0.15) is 0 Å². The quantitative estimate of drug-likeness (QED) is 0.303. The van der Waals surface area contributed by atoms with E-state index in [2.05, 4.69) is 4.98 Å². The minimum absolute atomic E-state index is 0.108. The van der Waals surface area contributed by atoms with Crippen molar-refractivity contribution in [3.8, 4) is 5.69 Å². The molecule has 0 atom stereocenters. The van der Waals surface area contributed by atoms with Crippen molar-refractivity contribution in [1.82, 2.24) is 18.9 Å². The summed E-state index contributed by atoms with van der Waals surface area (Å²) in [6.45, 7) is 4.03. The average molecular weight is 447 g/mol. The highest BCUT2D eigenvalue weighted by molar-refractivity contribution is 7.98. The molecule has 0 radical (unpaired) electrons. The Balaban J connectivity index is 1.65. The zero-order valence-corrected chi connectivity index (χ0v) is 18.5. The highest BCUT2D eigenvalue weighted by Gasteiger charge is 2.16. The fourth-order valence-electron chi connectivity index (χ4n) is 3.50. The molecular weight excluding hydrogens is 428 g/mol. The number of para-hydroxylation sites is 1. The maximum atomic E-state index is 13.5. The minimum Gasteiger partial charge on any atom is -0.269 e. The van der Waals surface area contributed by atoms with Gasteiger partial charge in [0.2, 0.25) is 0 Å². The Hall–Kier alpha value is -3.23. The monoisotopic (exact) mass is 446 g/mol. The molecule has 0 amide bonds. The Morgan fingerprint density at radius 1 is 1.03 bits per heavy atom. The predicted octanol–water partition coefficient (Wildman–Crippen LogP) is 4.36. The molecule has 3 aromatic heterocycles. The van der Waals surface area contributed by atoms with Gasteiger partial charge in [0.1, 0.15) is 0 Å². The third-order valence-corrected chi connectivity index (χ3v) is 7.00. The molecule has 6 nitrogen and oxygen atoms in total. The van der Waals surface area contributed by atoms with Crippen LogP contribution in [0.4, 0.5) is 0 Å². The van der Waals surface area contributed by atoms with Gasteiger partial charge in [-0.05, 0) is 43.2 Å². The van der Waals surface area contributed by atoms with Gasteiger partial charge in [0, 0.05) is 23.4 Å². The summed E-state index contributed by atoms with van der Waals surface area (Å²) in [5.74, 6) is 0.430. The molecule has 0 spiro atoms. The van der Waals surface area contributed by atoms with Crippen molar-refractivity contribution in [2.45, 2.75) is 24.8 Å². The van der Waals surface area contributed by atoms with Gasteiger partial charge in [0.05, 0.1) is 22.3 Å². The number of thiazole rings is 1. The van der Waals surface area contributed by atoms with Crippen molar-refractivity contribution in [2.75, 3.05) is 0 Å². The molecule has 154 valence electrons. The molecule has 5 rings (SSSR count). The Bertz CT molecular complexity index is 1570. The van der Waals surface area contributed by atoms with E-state index in [0.717, 1.165) is 16.8 Å². The predicted molar refractivity (Wildman–Crippen MR) is 126 cm³/mol. The summed E-state index contributed by atoms with van der Waals surface area (Å²) >= 11 is 2.82. The first-order valence-electron chi connectivity index (χ1n) is 9.70. The van der Waals surface area contributed by atoms with Crippen LogP contribution in [0.3, 0.4) is 0 Å². The number of hydrogen-bond acceptors (Lipinski definition) is 6. The van der Waals surface area contributed by atoms with Crippen LogP contribution < -0.4 is 11.1 Å². The van der Waals surface area contributed by atoms with Crippen molar-refractivity contribution >= 4 is 39.0 Å². The number of benzene rings is 2. The maximum Gasteiger partial charge on any atom is 0.266 e. The molecule has 2 aromatic carbocycles.